The molecule has 0 bridgehead atoms. The second-order valence-electron chi connectivity index (χ2n) is 6.19. The molecule has 0 spiro atoms. The van der Waals surface area contributed by atoms with Crippen LogP contribution < -0.4 is 0 Å². The predicted octanol–water partition coefficient (Wildman–Crippen LogP) is 5.85. The first-order valence-corrected chi connectivity index (χ1v) is 10.9. The summed E-state index contributed by atoms with van der Waals surface area (Å²) < 4.78 is 1.03. The Kier molecular flexibility index (Phi) is 5.85. The number of phenolic OH excluding ortho intramolecular Hbond substituents is 1. The average Bonchev–Trinajstić information content (AvgIpc) is 3.17. The number of nitrogens with zero attached hydrogens (tertiary/aromatic N) is 1. The molecule has 0 atom stereocenters. The van der Waals surface area contributed by atoms with Gasteiger partial charge in [0.2, 0.25) is 0 Å². The first-order chi connectivity index (χ1) is 11.2. The van der Waals surface area contributed by atoms with Gasteiger partial charge >= 0.3 is 0 Å². The number of benzene rings is 1. The zero-order valence-electron chi connectivity index (χ0n) is 13.5. The maximum atomic E-state index is 10.2. The third kappa shape index (κ3) is 4.02. The molecule has 2 heterocycles. The Bertz CT molecular complexity index is 713. The molecule has 1 fully saturated rings. The first-order valence-electron chi connectivity index (χ1n) is 8.35. The molecule has 0 radical (unpaired) electrons. The Morgan fingerprint density at radius 2 is 2.00 bits per heavy atom. The van der Waals surface area contributed by atoms with Crippen molar-refractivity contribution in [2.24, 2.45) is 0 Å². The van der Waals surface area contributed by atoms with E-state index < -0.39 is 0 Å². The monoisotopic (exact) mass is 365 g/mol. The summed E-state index contributed by atoms with van der Waals surface area (Å²) in [5.41, 5.74) is 3.57. The Balaban J connectivity index is 1.89. The third-order valence-corrected chi connectivity index (χ3v) is 7.63. The molecule has 1 saturated heterocycles. The number of rotatable bonds is 6. The zero-order valence-corrected chi connectivity index (χ0v) is 16.0. The molecule has 3 rings (SSSR count). The van der Waals surface area contributed by atoms with Gasteiger partial charge in [-0.1, -0.05) is 46.2 Å². The Labute approximate surface area is 150 Å². The molecule has 1 aliphatic rings. The standard InChI is InChI=1S/C18H23NOS3/c1-2-3-6-15-17(22-23-18(15)21)13-7-8-16(20)14(11-13)12-19-9-4-5-10-19/h7-8,11,20H,2-6,9-10,12H2,1H3. The molecular weight excluding hydrogens is 342 g/mol. The zero-order chi connectivity index (χ0) is 16.2. The quantitative estimate of drug-likeness (QED) is 0.513. The van der Waals surface area contributed by atoms with Gasteiger partial charge in [0.25, 0.3) is 0 Å². The van der Waals surface area contributed by atoms with Crippen LogP contribution in [0.15, 0.2) is 18.2 Å². The van der Waals surface area contributed by atoms with Crippen LogP contribution in [0, 0.1) is 3.82 Å². The van der Waals surface area contributed by atoms with E-state index in [0.717, 1.165) is 35.4 Å². The molecule has 0 amide bonds. The van der Waals surface area contributed by atoms with E-state index in [1.165, 1.54) is 41.7 Å². The van der Waals surface area contributed by atoms with Gasteiger partial charge in [-0.05, 0) is 68.1 Å². The van der Waals surface area contributed by atoms with Crippen LogP contribution in [0.5, 0.6) is 5.75 Å². The molecule has 2 nitrogen and oxygen atoms in total. The molecule has 124 valence electrons. The van der Waals surface area contributed by atoms with Crippen LogP contribution in [0.1, 0.15) is 43.7 Å². The number of aromatic hydroxyl groups is 1. The van der Waals surface area contributed by atoms with Crippen molar-refractivity contribution >= 4 is 32.9 Å². The molecule has 0 aliphatic carbocycles. The largest absolute Gasteiger partial charge is 0.508 e. The highest BCUT2D eigenvalue weighted by Crippen LogP contribution is 2.37. The maximum absolute atomic E-state index is 10.2. The molecule has 1 aliphatic heterocycles. The van der Waals surface area contributed by atoms with Gasteiger partial charge in [-0.15, -0.1) is 0 Å². The van der Waals surface area contributed by atoms with Crippen LogP contribution in [0.4, 0.5) is 0 Å². The van der Waals surface area contributed by atoms with Crippen molar-refractivity contribution in [1.29, 1.82) is 0 Å². The summed E-state index contributed by atoms with van der Waals surface area (Å²) >= 11 is 5.53. The van der Waals surface area contributed by atoms with Crippen LogP contribution in [-0.4, -0.2) is 23.1 Å². The third-order valence-electron chi connectivity index (χ3n) is 4.44. The van der Waals surface area contributed by atoms with Gasteiger partial charge in [-0.25, -0.2) is 0 Å². The van der Waals surface area contributed by atoms with Crippen molar-refractivity contribution in [3.05, 3.63) is 33.1 Å². The van der Waals surface area contributed by atoms with E-state index in [-0.39, 0.29) is 0 Å². The van der Waals surface area contributed by atoms with E-state index in [1.54, 1.807) is 20.7 Å². The predicted molar refractivity (Wildman–Crippen MR) is 103 cm³/mol. The minimum absolute atomic E-state index is 0.412. The number of unbranched alkanes of at least 4 members (excludes halogenated alkanes) is 1. The highest BCUT2D eigenvalue weighted by Gasteiger charge is 2.16. The lowest BCUT2D eigenvalue weighted by Gasteiger charge is -2.16. The van der Waals surface area contributed by atoms with E-state index in [4.69, 9.17) is 12.2 Å². The molecule has 2 aromatic rings. The minimum atomic E-state index is 0.412. The lowest BCUT2D eigenvalue weighted by atomic mass is 10.0. The van der Waals surface area contributed by atoms with Crippen LogP contribution in [0.3, 0.4) is 0 Å². The van der Waals surface area contributed by atoms with Crippen LogP contribution in [0.2, 0.25) is 0 Å². The van der Waals surface area contributed by atoms with Crippen LogP contribution in [-0.2, 0) is 13.0 Å². The molecule has 1 aromatic heterocycles. The lowest BCUT2D eigenvalue weighted by molar-refractivity contribution is 0.324. The van der Waals surface area contributed by atoms with Gasteiger partial charge in [0, 0.05) is 12.1 Å². The van der Waals surface area contributed by atoms with E-state index in [9.17, 15) is 5.11 Å². The summed E-state index contributed by atoms with van der Waals surface area (Å²) in [6.45, 7) is 5.35. The van der Waals surface area contributed by atoms with Crippen molar-refractivity contribution in [1.82, 2.24) is 4.90 Å². The Morgan fingerprint density at radius 3 is 2.74 bits per heavy atom. The molecule has 23 heavy (non-hydrogen) atoms. The van der Waals surface area contributed by atoms with Crippen molar-refractivity contribution < 1.29 is 5.11 Å². The number of hydrogen-bond acceptors (Lipinski definition) is 5. The molecule has 0 saturated carbocycles. The van der Waals surface area contributed by atoms with Crippen molar-refractivity contribution in [3.8, 4) is 16.2 Å². The summed E-state index contributed by atoms with van der Waals surface area (Å²) in [6.07, 6.45) is 5.97. The lowest BCUT2D eigenvalue weighted by Crippen LogP contribution is -2.18. The van der Waals surface area contributed by atoms with Crippen molar-refractivity contribution in [2.45, 2.75) is 45.6 Å². The molecular formula is C18H23NOS3. The first kappa shape index (κ1) is 17.1. The van der Waals surface area contributed by atoms with Gasteiger partial charge < -0.3 is 5.11 Å². The van der Waals surface area contributed by atoms with Gasteiger partial charge in [0.15, 0.2) is 0 Å². The van der Waals surface area contributed by atoms with Crippen molar-refractivity contribution in [2.75, 3.05) is 13.1 Å². The smallest absolute Gasteiger partial charge is 0.120 e. The van der Waals surface area contributed by atoms with Gasteiger partial charge in [0.1, 0.15) is 9.57 Å². The van der Waals surface area contributed by atoms with E-state index >= 15 is 0 Å². The SMILES string of the molecule is CCCCc1c(-c2ccc(O)c(CN3CCCC3)c2)ssc1=S. The van der Waals surface area contributed by atoms with Gasteiger partial charge in [-0.3, -0.25) is 4.90 Å². The summed E-state index contributed by atoms with van der Waals surface area (Å²) in [6, 6.07) is 6.04. The topological polar surface area (TPSA) is 23.5 Å². The van der Waals surface area contributed by atoms with Gasteiger partial charge in [0.05, 0.1) is 4.88 Å². The number of phenols is 1. The summed E-state index contributed by atoms with van der Waals surface area (Å²) in [5, 5.41) is 10.2. The summed E-state index contributed by atoms with van der Waals surface area (Å²) in [4.78, 5) is 3.72. The second-order valence-corrected chi connectivity index (χ2v) is 9.01. The number of hydrogen-bond donors (Lipinski definition) is 1. The highest BCUT2D eigenvalue weighted by molar-refractivity contribution is 7.80. The van der Waals surface area contributed by atoms with Crippen LogP contribution in [0.25, 0.3) is 10.4 Å². The summed E-state index contributed by atoms with van der Waals surface area (Å²) in [7, 11) is 3.48. The fourth-order valence-corrected chi connectivity index (χ4v) is 6.10. The Hall–Kier alpha value is -0.750. The molecule has 5 heteroatoms. The fraction of sp³-hybridized carbons (Fsp3) is 0.500. The average molecular weight is 366 g/mol. The highest BCUT2D eigenvalue weighted by atomic mass is 32.9. The van der Waals surface area contributed by atoms with E-state index in [1.807, 2.05) is 12.1 Å². The Morgan fingerprint density at radius 1 is 1.22 bits per heavy atom. The van der Waals surface area contributed by atoms with Crippen molar-refractivity contribution in [3.63, 3.8) is 0 Å². The minimum Gasteiger partial charge on any atom is -0.508 e. The molecule has 1 N–H and O–H groups in total. The van der Waals surface area contributed by atoms with Gasteiger partial charge in [-0.2, -0.15) is 0 Å². The fourth-order valence-electron chi connectivity index (χ4n) is 3.10. The van der Waals surface area contributed by atoms with E-state index in [2.05, 4.69) is 17.9 Å². The normalized spacial score (nSPS) is 15.3. The van der Waals surface area contributed by atoms with E-state index in [0.29, 0.717) is 5.75 Å². The molecule has 1 aromatic carbocycles. The second kappa shape index (κ2) is 7.88. The number of likely N-dealkylation sites (tertiary alicyclic amines) is 1. The maximum Gasteiger partial charge on any atom is 0.120 e. The van der Waals surface area contributed by atoms with Crippen LogP contribution >= 0.6 is 32.9 Å². The summed E-state index contributed by atoms with van der Waals surface area (Å²) in [5.74, 6) is 0.412. The molecule has 0 unspecified atom stereocenters.